The highest BCUT2D eigenvalue weighted by Gasteiger charge is 2.40. The molecular weight excluding hydrogens is 350 g/mol. The first kappa shape index (κ1) is 16.9. The number of aromatic nitrogens is 4. The molecule has 1 fully saturated rings. The lowest BCUT2D eigenvalue weighted by atomic mass is 10.2. The Bertz CT molecular complexity index is 969. The monoisotopic (exact) mass is 369 g/mol. The van der Waals surface area contributed by atoms with E-state index in [1.807, 2.05) is 42.5 Å². The molecule has 1 aliphatic carbocycles. The van der Waals surface area contributed by atoms with Crippen molar-refractivity contribution in [2.75, 3.05) is 0 Å². The van der Waals surface area contributed by atoms with E-state index in [9.17, 15) is 8.42 Å². The summed E-state index contributed by atoms with van der Waals surface area (Å²) < 4.78 is 29.2. The van der Waals surface area contributed by atoms with Crippen molar-refractivity contribution in [3.05, 3.63) is 72.3 Å². The Balaban J connectivity index is 1.56. The molecule has 0 unspecified atom stereocenters. The molecular formula is C18H19N5O2S. The molecule has 0 N–H and O–H groups in total. The molecule has 0 spiro atoms. The van der Waals surface area contributed by atoms with Crippen molar-refractivity contribution in [2.24, 2.45) is 0 Å². The van der Waals surface area contributed by atoms with Crippen molar-refractivity contribution in [3.8, 4) is 0 Å². The van der Waals surface area contributed by atoms with E-state index < -0.39 is 10.0 Å². The second-order valence-electron chi connectivity index (χ2n) is 6.35. The van der Waals surface area contributed by atoms with Crippen LogP contribution in [0.25, 0.3) is 0 Å². The summed E-state index contributed by atoms with van der Waals surface area (Å²) in [5, 5.41) is 4.06. The van der Waals surface area contributed by atoms with E-state index in [0.29, 0.717) is 13.1 Å². The first-order chi connectivity index (χ1) is 12.6. The predicted octanol–water partition coefficient (Wildman–Crippen LogP) is 2.07. The minimum absolute atomic E-state index is 0.0346. The summed E-state index contributed by atoms with van der Waals surface area (Å²) in [6.45, 7) is 0.792. The Labute approximate surface area is 152 Å². The second kappa shape index (κ2) is 6.97. The van der Waals surface area contributed by atoms with E-state index in [0.717, 1.165) is 24.0 Å². The first-order valence-electron chi connectivity index (χ1n) is 8.47. The Morgan fingerprint density at radius 3 is 2.46 bits per heavy atom. The molecule has 3 aromatic rings. The zero-order valence-corrected chi connectivity index (χ0v) is 15.0. The van der Waals surface area contributed by atoms with Crippen LogP contribution in [0.1, 0.15) is 24.0 Å². The summed E-state index contributed by atoms with van der Waals surface area (Å²) in [5.41, 5.74) is 1.94. The van der Waals surface area contributed by atoms with Gasteiger partial charge in [-0.05, 0) is 36.1 Å². The van der Waals surface area contributed by atoms with Crippen LogP contribution in [0.2, 0.25) is 0 Å². The SMILES string of the molecule is O=S(=O)(c1ncn(Cc2ccncc2)n1)N(Cc1ccccc1)C1CC1. The van der Waals surface area contributed by atoms with Gasteiger partial charge in [0.25, 0.3) is 15.2 Å². The lowest BCUT2D eigenvalue weighted by Gasteiger charge is -2.20. The van der Waals surface area contributed by atoms with Crippen molar-refractivity contribution < 1.29 is 8.42 Å². The van der Waals surface area contributed by atoms with Crippen LogP contribution < -0.4 is 0 Å². The van der Waals surface area contributed by atoms with Gasteiger partial charge in [-0.3, -0.25) is 4.98 Å². The number of hydrogen-bond acceptors (Lipinski definition) is 5. The minimum atomic E-state index is -3.73. The molecule has 1 aliphatic rings. The van der Waals surface area contributed by atoms with Gasteiger partial charge >= 0.3 is 0 Å². The van der Waals surface area contributed by atoms with Gasteiger partial charge in [0, 0.05) is 25.0 Å². The van der Waals surface area contributed by atoms with Gasteiger partial charge in [-0.25, -0.2) is 18.1 Å². The summed E-state index contributed by atoms with van der Waals surface area (Å²) in [4.78, 5) is 8.04. The molecule has 8 heteroatoms. The summed E-state index contributed by atoms with van der Waals surface area (Å²) in [7, 11) is -3.73. The summed E-state index contributed by atoms with van der Waals surface area (Å²) >= 11 is 0. The zero-order valence-electron chi connectivity index (χ0n) is 14.1. The number of rotatable bonds is 7. The maximum Gasteiger partial charge on any atom is 0.282 e. The van der Waals surface area contributed by atoms with E-state index in [-0.39, 0.29) is 11.2 Å². The third kappa shape index (κ3) is 3.66. The molecule has 26 heavy (non-hydrogen) atoms. The van der Waals surface area contributed by atoms with Crippen LogP contribution in [-0.2, 0) is 23.1 Å². The molecule has 0 aliphatic heterocycles. The van der Waals surface area contributed by atoms with Crippen molar-refractivity contribution >= 4 is 10.0 Å². The highest BCUT2D eigenvalue weighted by Crippen LogP contribution is 2.32. The molecule has 1 aromatic carbocycles. The molecule has 0 bridgehead atoms. The van der Waals surface area contributed by atoms with Crippen LogP contribution in [0.15, 0.2) is 66.3 Å². The standard InChI is InChI=1S/C18H19N5O2S/c24-26(25,23(17-6-7-17)13-15-4-2-1-3-5-15)18-20-14-22(21-18)12-16-8-10-19-11-9-16/h1-5,8-11,14,17H,6-7,12-13H2. The van der Waals surface area contributed by atoms with Crippen molar-refractivity contribution in [1.82, 2.24) is 24.1 Å². The first-order valence-corrected chi connectivity index (χ1v) is 9.91. The number of sulfonamides is 1. The largest absolute Gasteiger partial charge is 0.282 e. The fraction of sp³-hybridized carbons (Fsp3) is 0.278. The van der Waals surface area contributed by atoms with Crippen LogP contribution in [0.3, 0.4) is 0 Å². The van der Waals surface area contributed by atoms with Gasteiger partial charge in [0.1, 0.15) is 6.33 Å². The molecule has 0 radical (unpaired) electrons. The van der Waals surface area contributed by atoms with Gasteiger partial charge < -0.3 is 0 Å². The smallest absolute Gasteiger partial charge is 0.265 e. The van der Waals surface area contributed by atoms with Gasteiger partial charge in [0.2, 0.25) is 0 Å². The Morgan fingerprint density at radius 1 is 1.04 bits per heavy atom. The molecule has 0 saturated heterocycles. The summed E-state index contributed by atoms with van der Waals surface area (Å²) in [6.07, 6.45) is 6.60. The van der Waals surface area contributed by atoms with Crippen molar-refractivity contribution in [3.63, 3.8) is 0 Å². The molecule has 1 saturated carbocycles. The number of hydrogen-bond donors (Lipinski definition) is 0. The van der Waals surface area contributed by atoms with Crippen LogP contribution >= 0.6 is 0 Å². The summed E-state index contributed by atoms with van der Waals surface area (Å²) in [6, 6.07) is 13.4. The minimum Gasteiger partial charge on any atom is -0.265 e. The van der Waals surface area contributed by atoms with Gasteiger partial charge in [-0.2, -0.15) is 4.31 Å². The third-order valence-corrected chi connectivity index (χ3v) is 5.98. The molecule has 0 amide bonds. The lowest BCUT2D eigenvalue weighted by Crippen LogP contribution is -2.33. The van der Waals surface area contributed by atoms with Gasteiger partial charge in [0.15, 0.2) is 0 Å². The Morgan fingerprint density at radius 2 is 1.77 bits per heavy atom. The highest BCUT2D eigenvalue weighted by molar-refractivity contribution is 7.89. The van der Waals surface area contributed by atoms with Crippen molar-refractivity contribution in [2.45, 2.75) is 37.1 Å². The predicted molar refractivity (Wildman–Crippen MR) is 95.6 cm³/mol. The average Bonchev–Trinajstić information content (AvgIpc) is 3.39. The molecule has 7 nitrogen and oxygen atoms in total. The van der Waals surface area contributed by atoms with Crippen LogP contribution in [0, 0.1) is 0 Å². The Hall–Kier alpha value is -2.58. The summed E-state index contributed by atoms with van der Waals surface area (Å²) in [5.74, 6) is 0. The van der Waals surface area contributed by atoms with Gasteiger partial charge in [-0.15, -0.1) is 5.10 Å². The van der Waals surface area contributed by atoms with Gasteiger partial charge in [-0.1, -0.05) is 30.3 Å². The van der Waals surface area contributed by atoms with Gasteiger partial charge in [0.05, 0.1) is 6.54 Å². The van der Waals surface area contributed by atoms with Crippen LogP contribution in [-0.4, -0.2) is 38.5 Å². The number of pyridine rings is 1. The average molecular weight is 369 g/mol. The molecule has 134 valence electrons. The quantitative estimate of drug-likeness (QED) is 0.637. The third-order valence-electron chi connectivity index (χ3n) is 4.28. The zero-order chi connectivity index (χ0) is 18.0. The molecule has 2 aromatic heterocycles. The van der Waals surface area contributed by atoms with E-state index >= 15 is 0 Å². The van der Waals surface area contributed by atoms with E-state index in [4.69, 9.17) is 0 Å². The van der Waals surface area contributed by atoms with Crippen LogP contribution in [0.4, 0.5) is 0 Å². The van der Waals surface area contributed by atoms with Crippen LogP contribution in [0.5, 0.6) is 0 Å². The number of nitrogens with zero attached hydrogens (tertiary/aromatic N) is 5. The maximum absolute atomic E-state index is 13.1. The maximum atomic E-state index is 13.1. The second-order valence-corrected chi connectivity index (χ2v) is 8.13. The fourth-order valence-electron chi connectivity index (χ4n) is 2.79. The van der Waals surface area contributed by atoms with Crippen molar-refractivity contribution in [1.29, 1.82) is 0 Å². The highest BCUT2D eigenvalue weighted by atomic mass is 32.2. The molecule has 0 atom stereocenters. The van der Waals surface area contributed by atoms with E-state index in [1.54, 1.807) is 12.4 Å². The molecule has 2 heterocycles. The molecule has 4 rings (SSSR count). The topological polar surface area (TPSA) is 81.0 Å². The van der Waals surface area contributed by atoms with E-state index in [1.165, 1.54) is 15.3 Å². The van der Waals surface area contributed by atoms with E-state index in [2.05, 4.69) is 15.1 Å². The lowest BCUT2D eigenvalue weighted by molar-refractivity contribution is 0.394. The Kier molecular flexibility index (Phi) is 4.52. The number of benzene rings is 1. The normalized spacial score (nSPS) is 14.7. The fourth-order valence-corrected chi connectivity index (χ4v) is 4.31.